The molecule has 5 heteroatoms. The van der Waals surface area contributed by atoms with Crippen LogP contribution in [0.2, 0.25) is 0 Å². The van der Waals surface area contributed by atoms with Crippen molar-refractivity contribution in [3.05, 3.63) is 35.9 Å². The molecule has 0 aliphatic heterocycles. The number of Topliss-reactive ketones (excluding diaryl/α,β-unsaturated/α-hetero) is 1. The Morgan fingerprint density at radius 1 is 1.14 bits per heavy atom. The molecule has 1 atom stereocenters. The number of likely N-dealkylation sites (N-methyl/N-ethyl adjacent to an activating group) is 1. The summed E-state index contributed by atoms with van der Waals surface area (Å²) in [5.74, 6) is -0.840. The Hall–Kier alpha value is -1.08. The second kappa shape index (κ2) is 11.5. The quantitative estimate of drug-likeness (QED) is 0.401. The number of ketones is 1. The molecule has 0 radical (unpaired) electrons. The Balaban J connectivity index is 0.00000441. The van der Waals surface area contributed by atoms with Gasteiger partial charge in [0.1, 0.15) is 5.78 Å². The summed E-state index contributed by atoms with van der Waals surface area (Å²) in [5, 5.41) is 11.3. The molecule has 0 saturated carbocycles. The van der Waals surface area contributed by atoms with Gasteiger partial charge in [-0.2, -0.15) is 0 Å². The summed E-state index contributed by atoms with van der Waals surface area (Å²) in [6.45, 7) is 2.17. The number of hydrogen-bond acceptors (Lipinski definition) is 4. The molecule has 22 heavy (non-hydrogen) atoms. The van der Waals surface area contributed by atoms with Crippen LogP contribution >= 0.6 is 0 Å². The van der Waals surface area contributed by atoms with Crippen LogP contribution < -0.4 is 24.0 Å². The van der Waals surface area contributed by atoms with Crippen LogP contribution in [0.15, 0.2) is 30.3 Å². The second-order valence-electron chi connectivity index (χ2n) is 5.54. The fraction of sp³-hybridized carbons (Fsp3) is 0.529. The van der Waals surface area contributed by atoms with Crippen molar-refractivity contribution in [2.24, 2.45) is 0 Å². The first-order valence-corrected chi connectivity index (χ1v) is 7.45. The maximum atomic E-state index is 11.3. The van der Waals surface area contributed by atoms with E-state index in [9.17, 15) is 14.7 Å². The zero-order chi connectivity index (χ0) is 15.7. The van der Waals surface area contributed by atoms with E-state index < -0.39 is 12.0 Å². The summed E-state index contributed by atoms with van der Waals surface area (Å²) in [5.41, 5.74) is 1.09. The number of benzene rings is 1. The molecular formula is C17H24LiNO3. The van der Waals surface area contributed by atoms with E-state index in [-0.39, 0.29) is 24.6 Å². The van der Waals surface area contributed by atoms with Gasteiger partial charge in [-0.1, -0.05) is 43.2 Å². The van der Waals surface area contributed by atoms with E-state index in [1.54, 1.807) is 6.92 Å². The number of nitrogens with zero attached hydrogens (tertiary/aromatic N) is 1. The van der Waals surface area contributed by atoms with Gasteiger partial charge in [0.05, 0.1) is 5.97 Å². The Labute approximate surface area is 145 Å². The molecule has 1 rings (SSSR count). The zero-order valence-corrected chi connectivity index (χ0v) is 13.9. The summed E-state index contributed by atoms with van der Waals surface area (Å²) in [7, 11) is 1.81. The predicted molar refractivity (Wildman–Crippen MR) is 80.5 cm³/mol. The number of aliphatic carboxylic acids is 1. The summed E-state index contributed by atoms with van der Waals surface area (Å²) >= 11 is 0. The molecule has 0 N–H and O–H groups in total. The predicted octanol–water partition coefficient (Wildman–Crippen LogP) is -1.22. The minimum Gasteiger partial charge on any atom is -0.548 e. The molecule has 0 aromatic heterocycles. The molecule has 1 aromatic rings. The number of carboxylic acid groups (broad SMARTS) is 1. The van der Waals surface area contributed by atoms with Crippen LogP contribution in [0.25, 0.3) is 0 Å². The molecule has 4 nitrogen and oxygen atoms in total. The third kappa shape index (κ3) is 8.38. The first-order valence-electron chi connectivity index (χ1n) is 7.45. The standard InChI is InChI=1S/C17H25NO3.Li/c1-14(19)9-5-3-8-12-16(17(20)21)18(2)13-15-10-6-4-7-11-15;/h4,6-7,10-11,16H,3,5,8-9,12-13H2,1-2H3,(H,20,21);/q;+1/p-1/t16-;/m0./s1. The van der Waals surface area contributed by atoms with Crippen LogP contribution in [0, 0.1) is 0 Å². The van der Waals surface area contributed by atoms with Gasteiger partial charge in [0.2, 0.25) is 0 Å². The number of hydrogen-bond donors (Lipinski definition) is 0. The molecule has 0 spiro atoms. The number of carbonyl (C=O) groups excluding carboxylic acids is 2. The van der Waals surface area contributed by atoms with Crippen molar-refractivity contribution in [3.63, 3.8) is 0 Å². The van der Waals surface area contributed by atoms with Crippen LogP contribution in [0.3, 0.4) is 0 Å². The smallest absolute Gasteiger partial charge is 0.548 e. The van der Waals surface area contributed by atoms with Gasteiger partial charge in [-0.05, 0) is 32.4 Å². The van der Waals surface area contributed by atoms with Gasteiger partial charge in [-0.25, -0.2) is 0 Å². The van der Waals surface area contributed by atoms with Crippen LogP contribution in [0.4, 0.5) is 0 Å². The Morgan fingerprint density at radius 2 is 1.77 bits per heavy atom. The van der Waals surface area contributed by atoms with Gasteiger partial charge >= 0.3 is 18.9 Å². The van der Waals surface area contributed by atoms with E-state index in [1.807, 2.05) is 42.3 Å². The summed E-state index contributed by atoms with van der Waals surface area (Å²) in [4.78, 5) is 24.0. The van der Waals surface area contributed by atoms with Crippen molar-refractivity contribution in [2.75, 3.05) is 7.05 Å². The van der Waals surface area contributed by atoms with Gasteiger partial charge in [0.15, 0.2) is 0 Å². The number of carboxylic acids is 1. The molecule has 0 bridgehead atoms. The first kappa shape index (κ1) is 20.9. The van der Waals surface area contributed by atoms with Crippen molar-refractivity contribution < 1.29 is 33.6 Å². The van der Waals surface area contributed by atoms with Crippen LogP contribution in [0.1, 0.15) is 44.6 Å². The minimum absolute atomic E-state index is 0. The fourth-order valence-electron chi connectivity index (χ4n) is 2.39. The van der Waals surface area contributed by atoms with E-state index in [4.69, 9.17) is 0 Å². The van der Waals surface area contributed by atoms with Crippen LogP contribution in [-0.4, -0.2) is 29.7 Å². The maximum Gasteiger partial charge on any atom is 1.00 e. The average Bonchev–Trinajstić information content (AvgIpc) is 2.42. The van der Waals surface area contributed by atoms with E-state index in [2.05, 4.69) is 0 Å². The fourth-order valence-corrected chi connectivity index (χ4v) is 2.39. The Kier molecular flexibility index (Phi) is 10.9. The summed E-state index contributed by atoms with van der Waals surface area (Å²) in [6.07, 6.45) is 3.64. The van der Waals surface area contributed by atoms with Gasteiger partial charge in [0.25, 0.3) is 0 Å². The Bertz CT molecular complexity index is 450. The first-order chi connectivity index (χ1) is 10.0. The van der Waals surface area contributed by atoms with E-state index in [0.717, 1.165) is 24.8 Å². The number of carbonyl (C=O) groups is 2. The van der Waals surface area contributed by atoms with Gasteiger partial charge in [-0.15, -0.1) is 0 Å². The average molecular weight is 297 g/mol. The molecule has 0 amide bonds. The summed E-state index contributed by atoms with van der Waals surface area (Å²) in [6, 6.07) is 9.21. The minimum atomic E-state index is -1.03. The van der Waals surface area contributed by atoms with Crippen LogP contribution in [0.5, 0.6) is 0 Å². The molecule has 0 heterocycles. The van der Waals surface area contributed by atoms with Crippen molar-refractivity contribution in [3.8, 4) is 0 Å². The number of unbranched alkanes of at least 4 members (excludes halogenated alkanes) is 2. The zero-order valence-electron chi connectivity index (χ0n) is 13.9. The molecule has 0 fully saturated rings. The van der Waals surface area contributed by atoms with Crippen molar-refractivity contribution >= 4 is 11.8 Å². The third-order valence-electron chi connectivity index (χ3n) is 3.59. The molecule has 0 aliphatic carbocycles. The molecule has 0 saturated heterocycles. The molecular weight excluding hydrogens is 273 g/mol. The molecule has 0 aliphatic rings. The normalized spacial score (nSPS) is 11.8. The third-order valence-corrected chi connectivity index (χ3v) is 3.59. The number of rotatable bonds is 10. The topological polar surface area (TPSA) is 60.4 Å². The van der Waals surface area contributed by atoms with E-state index in [1.165, 1.54) is 0 Å². The molecule has 116 valence electrons. The monoisotopic (exact) mass is 297 g/mol. The van der Waals surface area contributed by atoms with Crippen LogP contribution in [-0.2, 0) is 16.1 Å². The summed E-state index contributed by atoms with van der Waals surface area (Å²) < 4.78 is 0. The van der Waals surface area contributed by atoms with Gasteiger partial charge in [-0.3, -0.25) is 4.90 Å². The van der Waals surface area contributed by atoms with Crippen molar-refractivity contribution in [2.45, 2.75) is 51.6 Å². The Morgan fingerprint density at radius 3 is 2.32 bits per heavy atom. The van der Waals surface area contributed by atoms with Crippen molar-refractivity contribution in [1.82, 2.24) is 4.90 Å². The van der Waals surface area contributed by atoms with E-state index in [0.29, 0.717) is 19.4 Å². The second-order valence-corrected chi connectivity index (χ2v) is 5.54. The van der Waals surface area contributed by atoms with Gasteiger partial charge < -0.3 is 14.7 Å². The van der Waals surface area contributed by atoms with Gasteiger partial charge in [0, 0.05) is 19.0 Å². The largest absolute Gasteiger partial charge is 1.00 e. The molecule has 1 aromatic carbocycles. The van der Waals surface area contributed by atoms with E-state index >= 15 is 0 Å². The van der Waals surface area contributed by atoms with Crippen molar-refractivity contribution in [1.29, 1.82) is 0 Å². The maximum absolute atomic E-state index is 11.3. The molecule has 0 unspecified atom stereocenters. The SMILES string of the molecule is CC(=O)CCCCC[C@@H](C(=O)[O-])N(C)Cc1ccccc1.[Li+].